The van der Waals surface area contributed by atoms with Crippen molar-refractivity contribution in [3.63, 3.8) is 0 Å². The summed E-state index contributed by atoms with van der Waals surface area (Å²) >= 11 is 0. The van der Waals surface area contributed by atoms with Crippen LogP contribution in [0, 0.1) is 11.6 Å². The van der Waals surface area contributed by atoms with Gasteiger partial charge in [-0.1, -0.05) is 0 Å². The van der Waals surface area contributed by atoms with Crippen molar-refractivity contribution in [1.82, 2.24) is 0 Å². The highest BCUT2D eigenvalue weighted by atomic mass is 19.1. The molecule has 1 unspecified atom stereocenters. The number of benzene rings is 1. The number of rotatable bonds is 3. The van der Waals surface area contributed by atoms with Crippen LogP contribution in [0.3, 0.4) is 0 Å². The van der Waals surface area contributed by atoms with Crippen molar-refractivity contribution >= 4 is 0 Å². The van der Waals surface area contributed by atoms with Gasteiger partial charge in [0.15, 0.2) is 0 Å². The summed E-state index contributed by atoms with van der Waals surface area (Å²) in [4.78, 5) is 0. The fraction of sp³-hybridized carbons (Fsp3) is 0.538. The first-order chi connectivity index (χ1) is 8.57. The summed E-state index contributed by atoms with van der Waals surface area (Å²) in [6, 6.07) is 2.77. The monoisotopic (exact) mass is 257 g/mol. The average molecular weight is 257 g/mol. The van der Waals surface area contributed by atoms with Crippen molar-refractivity contribution < 1.29 is 18.3 Å². The molecule has 0 radical (unpaired) electrons. The minimum atomic E-state index is -0.626. The van der Waals surface area contributed by atoms with E-state index in [1.165, 1.54) is 12.1 Å². The van der Waals surface area contributed by atoms with Crippen molar-refractivity contribution in [2.45, 2.75) is 24.5 Å². The molecule has 2 rings (SSSR count). The molecule has 1 saturated heterocycles. The van der Waals surface area contributed by atoms with Crippen LogP contribution < -0.4 is 5.73 Å². The molecule has 0 amide bonds. The third-order valence-electron chi connectivity index (χ3n) is 3.56. The first-order valence-electron chi connectivity index (χ1n) is 5.92. The van der Waals surface area contributed by atoms with E-state index in [0.717, 1.165) is 6.07 Å². The number of methoxy groups -OCH3 is 1. The molecule has 0 aromatic heterocycles. The lowest BCUT2D eigenvalue weighted by atomic mass is 9.82. The van der Waals surface area contributed by atoms with E-state index in [-0.39, 0.29) is 0 Å². The van der Waals surface area contributed by atoms with Crippen LogP contribution in [0.2, 0.25) is 0 Å². The standard InChI is InChI=1S/C13H17F2NO2/c1-17-13(2-4-18-5-3-13)12(16)9-6-10(14)8-11(15)7-9/h6-8,12H,2-5,16H2,1H3. The number of ether oxygens (including phenoxy) is 2. The topological polar surface area (TPSA) is 44.5 Å². The van der Waals surface area contributed by atoms with Crippen molar-refractivity contribution in [2.24, 2.45) is 5.73 Å². The van der Waals surface area contributed by atoms with Crippen LogP contribution in [0.25, 0.3) is 0 Å². The van der Waals surface area contributed by atoms with Crippen LogP contribution in [0.5, 0.6) is 0 Å². The normalized spacial score (nSPS) is 20.7. The number of hydrogen-bond donors (Lipinski definition) is 1. The highest BCUT2D eigenvalue weighted by Crippen LogP contribution is 2.36. The third kappa shape index (κ3) is 2.53. The van der Waals surface area contributed by atoms with Gasteiger partial charge in [0, 0.05) is 39.2 Å². The summed E-state index contributed by atoms with van der Waals surface area (Å²) in [6.45, 7) is 1.08. The highest BCUT2D eigenvalue weighted by molar-refractivity contribution is 5.24. The van der Waals surface area contributed by atoms with Crippen molar-refractivity contribution in [1.29, 1.82) is 0 Å². The minimum Gasteiger partial charge on any atom is -0.381 e. The van der Waals surface area contributed by atoms with E-state index in [1.807, 2.05) is 0 Å². The first-order valence-corrected chi connectivity index (χ1v) is 5.92. The SMILES string of the molecule is COC1(C(N)c2cc(F)cc(F)c2)CCOCC1. The second kappa shape index (κ2) is 5.30. The van der Waals surface area contributed by atoms with Gasteiger partial charge in [-0.15, -0.1) is 0 Å². The average Bonchev–Trinajstić information content (AvgIpc) is 2.37. The molecular formula is C13H17F2NO2. The Kier molecular flexibility index (Phi) is 3.94. The van der Waals surface area contributed by atoms with E-state index < -0.39 is 23.3 Å². The van der Waals surface area contributed by atoms with Gasteiger partial charge in [-0.2, -0.15) is 0 Å². The van der Waals surface area contributed by atoms with Gasteiger partial charge in [0.2, 0.25) is 0 Å². The van der Waals surface area contributed by atoms with Gasteiger partial charge < -0.3 is 15.2 Å². The smallest absolute Gasteiger partial charge is 0.126 e. The second-order valence-electron chi connectivity index (χ2n) is 4.56. The molecule has 1 aliphatic rings. The van der Waals surface area contributed by atoms with Crippen LogP contribution in [-0.4, -0.2) is 25.9 Å². The van der Waals surface area contributed by atoms with Crippen molar-refractivity contribution in [3.05, 3.63) is 35.4 Å². The molecule has 1 atom stereocenters. The van der Waals surface area contributed by atoms with Crippen LogP contribution >= 0.6 is 0 Å². The Morgan fingerprint density at radius 1 is 1.22 bits per heavy atom. The van der Waals surface area contributed by atoms with Crippen LogP contribution in [-0.2, 0) is 9.47 Å². The van der Waals surface area contributed by atoms with E-state index in [4.69, 9.17) is 15.2 Å². The molecule has 1 aromatic carbocycles. The second-order valence-corrected chi connectivity index (χ2v) is 4.56. The molecule has 0 saturated carbocycles. The van der Waals surface area contributed by atoms with Gasteiger partial charge >= 0.3 is 0 Å². The Labute approximate surface area is 105 Å². The largest absolute Gasteiger partial charge is 0.381 e. The molecule has 5 heteroatoms. The molecular weight excluding hydrogens is 240 g/mol. The lowest BCUT2D eigenvalue weighted by Crippen LogP contribution is -2.47. The Hall–Kier alpha value is -1.04. The first kappa shape index (κ1) is 13.4. The Bertz CT molecular complexity index is 399. The van der Waals surface area contributed by atoms with E-state index in [0.29, 0.717) is 31.6 Å². The zero-order chi connectivity index (χ0) is 13.2. The molecule has 2 N–H and O–H groups in total. The summed E-state index contributed by atoms with van der Waals surface area (Å²) in [5, 5.41) is 0. The van der Waals surface area contributed by atoms with Gasteiger partial charge in [-0.05, 0) is 17.7 Å². The predicted octanol–water partition coefficient (Wildman–Crippen LogP) is 2.16. The molecule has 3 nitrogen and oxygen atoms in total. The fourth-order valence-corrected chi connectivity index (χ4v) is 2.42. The van der Waals surface area contributed by atoms with E-state index in [9.17, 15) is 8.78 Å². The van der Waals surface area contributed by atoms with Crippen molar-refractivity contribution in [2.75, 3.05) is 20.3 Å². The summed E-state index contributed by atoms with van der Waals surface area (Å²) in [5.74, 6) is -1.25. The minimum absolute atomic E-state index is 0.413. The van der Waals surface area contributed by atoms with Crippen molar-refractivity contribution in [3.8, 4) is 0 Å². The van der Waals surface area contributed by atoms with Gasteiger partial charge in [-0.25, -0.2) is 8.78 Å². The summed E-state index contributed by atoms with van der Waals surface area (Å²) in [6.07, 6.45) is 1.23. The van der Waals surface area contributed by atoms with Gasteiger partial charge in [0.1, 0.15) is 11.6 Å². The molecule has 0 bridgehead atoms. The van der Waals surface area contributed by atoms with Gasteiger partial charge in [0.25, 0.3) is 0 Å². The Morgan fingerprint density at radius 3 is 2.28 bits per heavy atom. The molecule has 100 valence electrons. The lowest BCUT2D eigenvalue weighted by Gasteiger charge is -2.40. The number of halogens is 2. The zero-order valence-electron chi connectivity index (χ0n) is 10.3. The Balaban J connectivity index is 2.30. The van der Waals surface area contributed by atoms with E-state index in [1.54, 1.807) is 7.11 Å². The quantitative estimate of drug-likeness (QED) is 0.902. The molecule has 18 heavy (non-hydrogen) atoms. The predicted molar refractivity (Wildman–Crippen MR) is 63.1 cm³/mol. The van der Waals surface area contributed by atoms with Crippen LogP contribution in [0.15, 0.2) is 18.2 Å². The summed E-state index contributed by atoms with van der Waals surface area (Å²) in [5.41, 5.74) is 5.94. The van der Waals surface area contributed by atoms with E-state index >= 15 is 0 Å². The van der Waals surface area contributed by atoms with Crippen LogP contribution in [0.1, 0.15) is 24.4 Å². The Morgan fingerprint density at radius 2 is 1.78 bits per heavy atom. The third-order valence-corrected chi connectivity index (χ3v) is 3.56. The summed E-state index contributed by atoms with van der Waals surface area (Å²) in [7, 11) is 1.57. The molecule has 1 aliphatic heterocycles. The maximum absolute atomic E-state index is 13.2. The molecule has 1 fully saturated rings. The number of nitrogens with two attached hydrogens (primary N) is 1. The lowest BCUT2D eigenvalue weighted by molar-refractivity contribution is -0.105. The molecule has 0 aliphatic carbocycles. The summed E-state index contributed by atoms with van der Waals surface area (Å²) < 4.78 is 37.2. The zero-order valence-corrected chi connectivity index (χ0v) is 10.3. The van der Waals surface area contributed by atoms with Crippen LogP contribution in [0.4, 0.5) is 8.78 Å². The maximum atomic E-state index is 13.2. The number of hydrogen-bond acceptors (Lipinski definition) is 3. The van der Waals surface area contributed by atoms with Gasteiger partial charge in [-0.3, -0.25) is 0 Å². The molecule has 1 heterocycles. The molecule has 0 spiro atoms. The maximum Gasteiger partial charge on any atom is 0.126 e. The molecule has 1 aromatic rings. The van der Waals surface area contributed by atoms with E-state index in [2.05, 4.69) is 0 Å². The highest BCUT2D eigenvalue weighted by Gasteiger charge is 2.39. The fourth-order valence-electron chi connectivity index (χ4n) is 2.42. The van der Waals surface area contributed by atoms with Gasteiger partial charge in [0.05, 0.1) is 11.6 Å².